The van der Waals surface area contributed by atoms with E-state index in [1.54, 1.807) is 0 Å². The number of fused-ring (bicyclic) bond motifs is 9. The molecule has 2 aliphatic carbocycles. The number of rotatable bonds is 14. The van der Waals surface area contributed by atoms with Gasteiger partial charge in [-0.05, 0) is 230 Å². The molecular formula is C116H70N6. The maximum Gasteiger partial charge on any atom is 0.164 e. The fourth-order valence-corrected chi connectivity index (χ4v) is 18.8. The first-order chi connectivity index (χ1) is 60.4. The van der Waals surface area contributed by atoms with Crippen LogP contribution in [0.25, 0.3) is 256 Å². The summed E-state index contributed by atoms with van der Waals surface area (Å²) in [6.45, 7) is 0. The average Bonchev–Trinajstić information content (AvgIpc) is 1.57. The minimum absolute atomic E-state index is 0.600. The molecule has 0 bridgehead atoms. The first kappa shape index (κ1) is 70.0. The largest absolute Gasteiger partial charge is 0.208 e. The predicted molar refractivity (Wildman–Crippen MR) is 506 cm³/mol. The van der Waals surface area contributed by atoms with Crippen LogP contribution >= 0.6 is 0 Å². The lowest BCUT2D eigenvalue weighted by Crippen LogP contribution is -2.00. The van der Waals surface area contributed by atoms with E-state index in [0.29, 0.717) is 34.9 Å². The van der Waals surface area contributed by atoms with Gasteiger partial charge in [0.25, 0.3) is 0 Å². The van der Waals surface area contributed by atoms with Gasteiger partial charge in [-0.15, -0.1) is 0 Å². The first-order valence-corrected chi connectivity index (χ1v) is 41.6. The van der Waals surface area contributed by atoms with Crippen molar-refractivity contribution < 1.29 is 0 Å². The number of aromatic nitrogens is 6. The first-order valence-electron chi connectivity index (χ1n) is 41.6. The smallest absolute Gasteiger partial charge is 0.164 e. The van der Waals surface area contributed by atoms with Crippen molar-refractivity contribution in [2.75, 3.05) is 0 Å². The van der Waals surface area contributed by atoms with E-state index in [2.05, 4.69) is 382 Å². The number of nitrogens with zero attached hydrogens (tertiary/aromatic N) is 6. The highest BCUT2D eigenvalue weighted by atomic mass is 15.0. The number of hydrogen-bond acceptors (Lipinski definition) is 6. The molecule has 0 atom stereocenters. The lowest BCUT2D eigenvalue weighted by Gasteiger charge is -2.16. The molecule has 122 heavy (non-hydrogen) atoms. The Kier molecular flexibility index (Phi) is 16.5. The summed E-state index contributed by atoms with van der Waals surface area (Å²) >= 11 is 0. The molecule has 0 radical (unpaired) electrons. The molecule has 0 aliphatic heterocycles. The van der Waals surface area contributed by atoms with E-state index in [4.69, 9.17) is 29.9 Å². The lowest BCUT2D eigenvalue weighted by molar-refractivity contribution is 1.07. The van der Waals surface area contributed by atoms with Gasteiger partial charge in [0.1, 0.15) is 0 Å². The molecule has 6 heteroatoms. The zero-order chi connectivity index (χ0) is 80.3. The maximum absolute atomic E-state index is 5.30. The van der Waals surface area contributed by atoms with Gasteiger partial charge in [0, 0.05) is 33.4 Å². The Balaban J connectivity index is 0.556. The molecule has 0 amide bonds. The Hall–Kier alpha value is -16.3. The van der Waals surface area contributed by atoms with Gasteiger partial charge in [-0.2, -0.15) is 0 Å². The lowest BCUT2D eigenvalue weighted by atomic mass is 9.88. The molecule has 2 aliphatic rings. The summed E-state index contributed by atoms with van der Waals surface area (Å²) in [5, 5.41) is 12.0. The second-order valence-corrected chi connectivity index (χ2v) is 31.9. The van der Waals surface area contributed by atoms with Gasteiger partial charge in [-0.3, -0.25) is 0 Å². The third-order valence-electron chi connectivity index (χ3n) is 24.9. The molecule has 0 N–H and O–H groups in total. The topological polar surface area (TPSA) is 77.3 Å². The van der Waals surface area contributed by atoms with Crippen LogP contribution in [-0.2, 0) is 0 Å². The summed E-state index contributed by atoms with van der Waals surface area (Å²) in [7, 11) is 0. The van der Waals surface area contributed by atoms with Crippen LogP contribution in [0.4, 0.5) is 0 Å². The van der Waals surface area contributed by atoms with Crippen LogP contribution in [0.15, 0.2) is 425 Å². The zero-order valence-corrected chi connectivity index (χ0v) is 66.1. The standard InChI is InChI=1S/C116H70N6/c1-4-18-71(19-5-1)72-34-48-81(49-35-72)113-117-111(79-20-6-2-7-21-79)118-114(120-113)82-52-46-78(47-53-82)108-70-92-66-89(56-57-90(92)69-107(108)76-42-38-74(39-43-76)94-61-63-104-98-29-15-13-27-96(98)102-33-17-31-100(94)110(102)104)86-54-55-88-65-91(59-58-87(88)64-86)116-121-112(80-22-8-3-9-23-80)119-115(122-116)83-50-44-77(45-51-83)106-68-85-25-11-10-24-84(85)67-105(106)75-40-36-73(37-41-75)93-60-62-103-97-28-14-12-26-95(97)101-32-16-30-99(93)109(101)103/h1-70H. The SMILES string of the molecule is c1ccc(-c2ccc(-c3nc(-c4ccccc4)nc(-c4ccc(-c5cc6cc(-c7ccc8cc(-c9nc(-c%10ccccc%10)nc(-c%10ccc(-c%11cc%12ccccc%12cc%11-c%11ccc(-c%12ccc%13c%14c(cccc%12%14)-c%12ccccc%12-%13)cc%11)cc%10)n9)ccc8c7)ccc6cc5-c5ccc(-c6ccc7c8c(cccc68)-c6ccccc6-7)cc5)cc4)n3)cc2)cc1. The van der Waals surface area contributed by atoms with E-state index in [1.165, 1.54) is 105 Å². The van der Waals surface area contributed by atoms with Gasteiger partial charge in [0.2, 0.25) is 0 Å². The summed E-state index contributed by atoms with van der Waals surface area (Å²) in [5.41, 5.74) is 34.2. The van der Waals surface area contributed by atoms with Gasteiger partial charge >= 0.3 is 0 Å². The van der Waals surface area contributed by atoms with E-state index < -0.39 is 0 Å². The molecule has 564 valence electrons. The van der Waals surface area contributed by atoms with Crippen molar-refractivity contribution in [2.24, 2.45) is 0 Å². The van der Waals surface area contributed by atoms with Crippen LogP contribution in [0.3, 0.4) is 0 Å². The summed E-state index contributed by atoms with van der Waals surface area (Å²) < 4.78 is 0. The molecule has 0 fully saturated rings. The molecule has 6 nitrogen and oxygen atoms in total. The van der Waals surface area contributed by atoms with Crippen LogP contribution in [0.1, 0.15) is 0 Å². The molecule has 22 aromatic rings. The quantitative estimate of drug-likeness (QED) is 0.108. The third-order valence-corrected chi connectivity index (χ3v) is 24.9. The normalized spacial score (nSPS) is 11.8. The number of hydrogen-bond donors (Lipinski definition) is 0. The highest BCUT2D eigenvalue weighted by Gasteiger charge is 2.26. The van der Waals surface area contributed by atoms with E-state index in [9.17, 15) is 0 Å². The van der Waals surface area contributed by atoms with Gasteiger partial charge in [-0.1, -0.05) is 382 Å². The molecule has 20 aromatic carbocycles. The van der Waals surface area contributed by atoms with Gasteiger partial charge in [0.15, 0.2) is 34.9 Å². The molecule has 2 heterocycles. The van der Waals surface area contributed by atoms with Crippen molar-refractivity contribution in [1.82, 2.24) is 29.9 Å². The van der Waals surface area contributed by atoms with Gasteiger partial charge < -0.3 is 0 Å². The Morgan fingerprint density at radius 2 is 0.328 bits per heavy atom. The average molecular weight is 1550 g/mol. The maximum atomic E-state index is 5.30. The monoisotopic (exact) mass is 1550 g/mol. The Morgan fingerprint density at radius 3 is 0.705 bits per heavy atom. The molecule has 2 aromatic heterocycles. The van der Waals surface area contributed by atoms with Crippen molar-refractivity contribution in [1.29, 1.82) is 0 Å². The summed E-state index contributed by atoms with van der Waals surface area (Å²) in [6, 6.07) is 154. The van der Waals surface area contributed by atoms with Crippen LogP contribution in [0.2, 0.25) is 0 Å². The van der Waals surface area contributed by atoms with Crippen LogP contribution in [0, 0.1) is 0 Å². The highest BCUT2D eigenvalue weighted by Crippen LogP contribution is 2.52. The summed E-state index contributed by atoms with van der Waals surface area (Å²) in [4.78, 5) is 31.2. The predicted octanol–water partition coefficient (Wildman–Crippen LogP) is 30.5. The Bertz CT molecular complexity index is 7930. The van der Waals surface area contributed by atoms with Crippen molar-refractivity contribution in [3.05, 3.63) is 425 Å². The summed E-state index contributed by atoms with van der Waals surface area (Å²) in [6.07, 6.45) is 0. The minimum Gasteiger partial charge on any atom is -0.208 e. The Morgan fingerprint density at radius 1 is 0.107 bits per heavy atom. The van der Waals surface area contributed by atoms with Crippen molar-refractivity contribution in [3.63, 3.8) is 0 Å². The fourth-order valence-electron chi connectivity index (χ4n) is 18.8. The van der Waals surface area contributed by atoms with Crippen molar-refractivity contribution in [3.8, 4) is 202 Å². The number of benzene rings is 20. The molecule has 0 unspecified atom stereocenters. The third kappa shape index (κ3) is 12.2. The summed E-state index contributed by atoms with van der Waals surface area (Å²) in [5.74, 6) is 3.64. The minimum atomic E-state index is 0.600. The van der Waals surface area contributed by atoms with Crippen molar-refractivity contribution in [2.45, 2.75) is 0 Å². The highest BCUT2D eigenvalue weighted by molar-refractivity contribution is 6.20. The van der Waals surface area contributed by atoms with E-state index in [0.717, 1.165) is 116 Å². The van der Waals surface area contributed by atoms with Crippen LogP contribution in [0.5, 0.6) is 0 Å². The zero-order valence-electron chi connectivity index (χ0n) is 66.1. The second kappa shape index (κ2) is 28.8. The van der Waals surface area contributed by atoms with E-state index >= 15 is 0 Å². The van der Waals surface area contributed by atoms with Crippen LogP contribution in [-0.4, -0.2) is 29.9 Å². The Labute approximate surface area is 705 Å². The van der Waals surface area contributed by atoms with Gasteiger partial charge in [-0.25, -0.2) is 29.9 Å². The van der Waals surface area contributed by atoms with Gasteiger partial charge in [0.05, 0.1) is 0 Å². The van der Waals surface area contributed by atoms with E-state index in [-0.39, 0.29) is 0 Å². The van der Waals surface area contributed by atoms with Crippen molar-refractivity contribution >= 4 is 53.9 Å². The second-order valence-electron chi connectivity index (χ2n) is 31.9. The molecule has 0 spiro atoms. The van der Waals surface area contributed by atoms with E-state index in [1.807, 2.05) is 42.5 Å². The molecular weight excluding hydrogens is 1480 g/mol. The molecule has 24 rings (SSSR count). The fraction of sp³-hybridized carbons (Fsp3) is 0. The van der Waals surface area contributed by atoms with Crippen LogP contribution < -0.4 is 0 Å². The molecule has 0 saturated carbocycles. The molecule has 0 saturated heterocycles.